The van der Waals surface area contributed by atoms with Crippen molar-refractivity contribution in [3.05, 3.63) is 0 Å². The molecule has 0 aromatic rings. The van der Waals surface area contributed by atoms with Crippen molar-refractivity contribution in [1.29, 1.82) is 0 Å². The van der Waals surface area contributed by atoms with Crippen molar-refractivity contribution < 1.29 is 9.53 Å². The number of nitrogens with zero attached hydrogens (tertiary/aromatic N) is 1. The number of nitrogens with one attached hydrogen (secondary N) is 1. The van der Waals surface area contributed by atoms with Crippen LogP contribution >= 0.6 is 0 Å². The number of carbonyl (C=O) groups excluding carboxylic acids is 1. The number of morpholine rings is 1. The summed E-state index contributed by atoms with van der Waals surface area (Å²) in [5.74, 6) is 0.219. The maximum absolute atomic E-state index is 12.5. The number of rotatable bonds is 6. The minimum Gasteiger partial charge on any atom is -0.373 e. The van der Waals surface area contributed by atoms with Gasteiger partial charge in [0.25, 0.3) is 0 Å². The Balaban J connectivity index is 2.04. The first-order valence-electron chi connectivity index (χ1n) is 9.72. The Morgan fingerprint density at radius 1 is 1.29 bits per heavy atom. The van der Waals surface area contributed by atoms with Crippen LogP contribution in [0, 0.1) is 5.92 Å². The Labute approximate surface area is 147 Å². The standard InChI is InChI=1S/C19H37N3O2/c1-5-15(2)16(20)17(23)21-13-19(9-7-6-8-10-19)22-11-12-24-18(3,4)14-22/h15-16H,5-14,20H2,1-4H3,(H,21,23). The topological polar surface area (TPSA) is 67.6 Å². The van der Waals surface area contributed by atoms with Crippen LogP contribution in [0.25, 0.3) is 0 Å². The van der Waals surface area contributed by atoms with E-state index in [1.54, 1.807) is 0 Å². The van der Waals surface area contributed by atoms with Crippen LogP contribution in [0.4, 0.5) is 0 Å². The van der Waals surface area contributed by atoms with Gasteiger partial charge in [0.05, 0.1) is 18.2 Å². The van der Waals surface area contributed by atoms with Gasteiger partial charge in [-0.25, -0.2) is 0 Å². The fourth-order valence-electron chi connectivity index (χ4n) is 4.12. The Bertz CT molecular complexity index is 419. The van der Waals surface area contributed by atoms with Gasteiger partial charge in [0.15, 0.2) is 0 Å². The van der Waals surface area contributed by atoms with E-state index >= 15 is 0 Å². The van der Waals surface area contributed by atoms with Crippen molar-refractivity contribution in [1.82, 2.24) is 10.2 Å². The molecular formula is C19H37N3O2. The average molecular weight is 340 g/mol. The van der Waals surface area contributed by atoms with Gasteiger partial charge in [-0.15, -0.1) is 0 Å². The molecule has 24 heavy (non-hydrogen) atoms. The molecular weight excluding hydrogens is 302 g/mol. The first-order chi connectivity index (χ1) is 11.3. The van der Waals surface area contributed by atoms with Crippen molar-refractivity contribution >= 4 is 5.91 Å². The van der Waals surface area contributed by atoms with E-state index in [1.165, 1.54) is 19.3 Å². The van der Waals surface area contributed by atoms with E-state index in [4.69, 9.17) is 10.5 Å². The van der Waals surface area contributed by atoms with Crippen LogP contribution in [0.15, 0.2) is 0 Å². The Hall–Kier alpha value is -0.650. The number of ether oxygens (including phenoxy) is 1. The van der Waals surface area contributed by atoms with E-state index in [-0.39, 0.29) is 23.0 Å². The van der Waals surface area contributed by atoms with Crippen LogP contribution in [0.1, 0.15) is 66.2 Å². The fraction of sp³-hybridized carbons (Fsp3) is 0.947. The molecule has 1 aliphatic carbocycles. The number of carbonyl (C=O) groups is 1. The molecule has 0 spiro atoms. The van der Waals surface area contributed by atoms with Gasteiger partial charge < -0.3 is 15.8 Å². The molecule has 5 nitrogen and oxygen atoms in total. The number of nitrogens with two attached hydrogens (primary N) is 1. The monoisotopic (exact) mass is 339 g/mol. The Morgan fingerprint density at radius 3 is 2.54 bits per heavy atom. The second-order valence-electron chi connectivity index (χ2n) is 8.44. The molecule has 3 N–H and O–H groups in total. The number of hydrogen-bond acceptors (Lipinski definition) is 4. The second-order valence-corrected chi connectivity index (χ2v) is 8.44. The Kier molecular flexibility index (Phi) is 6.68. The summed E-state index contributed by atoms with van der Waals surface area (Å²) in [5.41, 5.74) is 6.07. The highest BCUT2D eigenvalue weighted by Crippen LogP contribution is 2.36. The van der Waals surface area contributed by atoms with E-state index in [0.717, 1.165) is 39.0 Å². The van der Waals surface area contributed by atoms with Gasteiger partial charge >= 0.3 is 0 Å². The second kappa shape index (κ2) is 8.15. The van der Waals surface area contributed by atoms with Crippen LogP contribution < -0.4 is 11.1 Å². The lowest BCUT2D eigenvalue weighted by atomic mass is 9.79. The third kappa shape index (κ3) is 4.70. The van der Waals surface area contributed by atoms with Gasteiger partial charge in [-0.3, -0.25) is 9.69 Å². The summed E-state index contributed by atoms with van der Waals surface area (Å²) in [6.07, 6.45) is 7.02. The van der Waals surface area contributed by atoms with Gasteiger partial charge in [-0.1, -0.05) is 39.5 Å². The van der Waals surface area contributed by atoms with Crippen molar-refractivity contribution in [3.8, 4) is 0 Å². The molecule has 1 aliphatic heterocycles. The molecule has 5 heteroatoms. The fourth-order valence-corrected chi connectivity index (χ4v) is 4.12. The number of hydrogen-bond donors (Lipinski definition) is 2. The first-order valence-corrected chi connectivity index (χ1v) is 9.72. The summed E-state index contributed by atoms with van der Waals surface area (Å²) >= 11 is 0. The molecule has 2 fully saturated rings. The average Bonchev–Trinajstić information content (AvgIpc) is 2.58. The van der Waals surface area contributed by atoms with Crippen LogP contribution in [0.5, 0.6) is 0 Å². The molecule has 2 aliphatic rings. The highest BCUT2D eigenvalue weighted by Gasteiger charge is 2.42. The summed E-state index contributed by atoms with van der Waals surface area (Å²) in [5, 5.41) is 3.19. The summed E-state index contributed by atoms with van der Waals surface area (Å²) in [6, 6.07) is -0.406. The first kappa shape index (κ1) is 19.7. The third-order valence-electron chi connectivity index (χ3n) is 6.03. The predicted octanol–water partition coefficient (Wildman–Crippen LogP) is 2.29. The summed E-state index contributed by atoms with van der Waals surface area (Å²) in [4.78, 5) is 15.0. The predicted molar refractivity (Wildman–Crippen MR) is 97.9 cm³/mol. The lowest BCUT2D eigenvalue weighted by Crippen LogP contribution is -2.63. The normalized spacial score (nSPS) is 26.5. The quantitative estimate of drug-likeness (QED) is 0.779. The maximum Gasteiger partial charge on any atom is 0.237 e. The molecule has 1 amide bonds. The van der Waals surface area contributed by atoms with Crippen LogP contribution in [0.2, 0.25) is 0 Å². The zero-order valence-electron chi connectivity index (χ0n) is 16.1. The van der Waals surface area contributed by atoms with E-state index in [1.807, 2.05) is 6.92 Å². The molecule has 1 saturated carbocycles. The largest absolute Gasteiger partial charge is 0.373 e. The smallest absolute Gasteiger partial charge is 0.237 e. The molecule has 2 unspecified atom stereocenters. The van der Waals surface area contributed by atoms with Gasteiger partial charge in [-0.05, 0) is 32.6 Å². The van der Waals surface area contributed by atoms with Crippen molar-refractivity contribution in [3.63, 3.8) is 0 Å². The maximum atomic E-state index is 12.5. The van der Waals surface area contributed by atoms with Gasteiger partial charge in [0.1, 0.15) is 0 Å². The van der Waals surface area contributed by atoms with Crippen LogP contribution in [-0.2, 0) is 9.53 Å². The van der Waals surface area contributed by atoms with Gasteiger partial charge in [0.2, 0.25) is 5.91 Å². The lowest BCUT2D eigenvalue weighted by molar-refractivity contribution is -0.130. The van der Waals surface area contributed by atoms with Crippen molar-refractivity contribution in [2.75, 3.05) is 26.2 Å². The summed E-state index contributed by atoms with van der Waals surface area (Å²) in [6.45, 7) is 11.8. The highest BCUT2D eigenvalue weighted by molar-refractivity contribution is 5.81. The molecule has 140 valence electrons. The van der Waals surface area contributed by atoms with Gasteiger partial charge in [-0.2, -0.15) is 0 Å². The molecule has 1 saturated heterocycles. The Morgan fingerprint density at radius 2 is 1.96 bits per heavy atom. The molecule has 2 rings (SSSR count). The minimum atomic E-state index is -0.406. The van der Waals surface area contributed by atoms with Crippen molar-refractivity contribution in [2.45, 2.75) is 83.4 Å². The number of amides is 1. The van der Waals surface area contributed by atoms with Gasteiger partial charge in [0, 0.05) is 25.2 Å². The third-order valence-corrected chi connectivity index (χ3v) is 6.03. The summed E-state index contributed by atoms with van der Waals surface area (Å²) < 4.78 is 5.89. The zero-order valence-corrected chi connectivity index (χ0v) is 16.1. The molecule has 0 bridgehead atoms. The lowest BCUT2D eigenvalue weighted by Gasteiger charge is -2.51. The summed E-state index contributed by atoms with van der Waals surface area (Å²) in [7, 11) is 0. The molecule has 2 atom stereocenters. The van der Waals surface area contributed by atoms with E-state index < -0.39 is 6.04 Å². The minimum absolute atomic E-state index is 0.00168. The molecule has 0 aromatic heterocycles. The van der Waals surface area contributed by atoms with E-state index in [2.05, 4.69) is 31.0 Å². The zero-order chi connectivity index (χ0) is 17.8. The van der Waals surface area contributed by atoms with E-state index in [0.29, 0.717) is 6.54 Å². The molecule has 0 aromatic carbocycles. The van der Waals surface area contributed by atoms with Crippen LogP contribution in [0.3, 0.4) is 0 Å². The van der Waals surface area contributed by atoms with Crippen LogP contribution in [-0.4, -0.2) is 54.2 Å². The van der Waals surface area contributed by atoms with Crippen molar-refractivity contribution in [2.24, 2.45) is 11.7 Å². The SMILES string of the molecule is CCC(C)C(N)C(=O)NCC1(N2CCOC(C)(C)C2)CCCCC1. The highest BCUT2D eigenvalue weighted by atomic mass is 16.5. The molecule has 0 radical (unpaired) electrons. The molecule has 1 heterocycles. The van der Waals surface area contributed by atoms with E-state index in [9.17, 15) is 4.79 Å².